The number of halogens is 4. The topological polar surface area (TPSA) is 105 Å². The standard InChI is InChI=1S/C26H17ClF3N3O5/c1-38-25(37)15-8-12-17(13-9-15)33-23(35)20(27)21(24(33)36)31-16-10-6-14(7-11-16)22(34)32-19-5-3-2-4-18(19)26(28,29)30/h2-13,31H,1H3,(H,32,34). The van der Waals surface area contributed by atoms with Gasteiger partial charge in [-0.3, -0.25) is 14.4 Å². The van der Waals surface area contributed by atoms with Gasteiger partial charge < -0.3 is 15.4 Å². The predicted octanol–water partition coefficient (Wildman–Crippen LogP) is 5.18. The van der Waals surface area contributed by atoms with E-state index in [0.717, 1.165) is 17.0 Å². The molecule has 38 heavy (non-hydrogen) atoms. The van der Waals surface area contributed by atoms with Crippen molar-refractivity contribution in [3.63, 3.8) is 0 Å². The van der Waals surface area contributed by atoms with E-state index in [1.165, 1.54) is 67.8 Å². The molecule has 3 amide bonds. The van der Waals surface area contributed by atoms with Crippen LogP contribution in [0.2, 0.25) is 0 Å². The summed E-state index contributed by atoms with van der Waals surface area (Å²) in [4.78, 5) is 50.6. The molecule has 0 bridgehead atoms. The summed E-state index contributed by atoms with van der Waals surface area (Å²) in [6.07, 6.45) is -4.65. The fourth-order valence-electron chi connectivity index (χ4n) is 3.59. The Morgan fingerprint density at radius 1 is 0.868 bits per heavy atom. The average Bonchev–Trinajstić information content (AvgIpc) is 3.11. The molecule has 1 aliphatic heterocycles. The van der Waals surface area contributed by atoms with Crippen LogP contribution in [-0.4, -0.2) is 30.8 Å². The van der Waals surface area contributed by atoms with Gasteiger partial charge in [0.1, 0.15) is 10.7 Å². The molecule has 0 unspecified atom stereocenters. The van der Waals surface area contributed by atoms with E-state index >= 15 is 0 Å². The molecule has 8 nitrogen and oxygen atoms in total. The molecule has 0 aromatic heterocycles. The Kier molecular flexibility index (Phi) is 7.22. The molecule has 1 heterocycles. The molecule has 0 atom stereocenters. The smallest absolute Gasteiger partial charge is 0.418 e. The molecule has 0 aliphatic carbocycles. The number of carbonyl (C=O) groups is 4. The van der Waals surface area contributed by atoms with Crippen LogP contribution in [0.4, 0.5) is 30.2 Å². The molecule has 0 saturated heterocycles. The van der Waals surface area contributed by atoms with E-state index < -0.39 is 35.4 Å². The zero-order valence-electron chi connectivity index (χ0n) is 19.4. The highest BCUT2D eigenvalue weighted by Crippen LogP contribution is 2.35. The molecule has 194 valence electrons. The van der Waals surface area contributed by atoms with Crippen LogP contribution < -0.4 is 15.5 Å². The number of carbonyl (C=O) groups excluding carboxylic acids is 4. The molecule has 0 fully saturated rings. The van der Waals surface area contributed by atoms with Crippen LogP contribution in [0.25, 0.3) is 0 Å². The van der Waals surface area contributed by atoms with E-state index in [9.17, 15) is 32.3 Å². The number of hydrogen-bond acceptors (Lipinski definition) is 6. The van der Waals surface area contributed by atoms with Crippen molar-refractivity contribution in [2.45, 2.75) is 6.18 Å². The molecule has 2 N–H and O–H groups in total. The molecule has 3 aromatic rings. The molecule has 4 rings (SSSR count). The van der Waals surface area contributed by atoms with Gasteiger partial charge in [0, 0.05) is 11.3 Å². The predicted molar refractivity (Wildman–Crippen MR) is 133 cm³/mol. The highest BCUT2D eigenvalue weighted by Gasteiger charge is 2.39. The Labute approximate surface area is 218 Å². The van der Waals surface area contributed by atoms with Gasteiger partial charge in [0.2, 0.25) is 0 Å². The molecule has 12 heteroatoms. The van der Waals surface area contributed by atoms with Crippen LogP contribution in [0, 0.1) is 0 Å². The molecule has 0 radical (unpaired) electrons. The fraction of sp³-hybridized carbons (Fsp3) is 0.0769. The van der Waals surface area contributed by atoms with E-state index in [-0.39, 0.29) is 38.9 Å². The second-order valence-corrected chi connectivity index (χ2v) is 8.25. The minimum Gasteiger partial charge on any atom is -0.465 e. The Balaban J connectivity index is 1.48. The number of hydrogen-bond donors (Lipinski definition) is 2. The van der Waals surface area contributed by atoms with Gasteiger partial charge in [-0.1, -0.05) is 23.7 Å². The summed E-state index contributed by atoms with van der Waals surface area (Å²) < 4.78 is 44.2. The lowest BCUT2D eigenvalue weighted by Gasteiger charge is -2.15. The first-order chi connectivity index (χ1) is 18.0. The van der Waals surface area contributed by atoms with Crippen molar-refractivity contribution in [2.24, 2.45) is 0 Å². The molecule has 3 aromatic carbocycles. The van der Waals surface area contributed by atoms with Crippen molar-refractivity contribution < 1.29 is 37.1 Å². The number of rotatable bonds is 6. The van der Waals surface area contributed by atoms with Crippen LogP contribution in [0.5, 0.6) is 0 Å². The Bertz CT molecular complexity index is 1470. The van der Waals surface area contributed by atoms with Gasteiger partial charge in [-0.15, -0.1) is 0 Å². The Morgan fingerprint density at radius 3 is 2.08 bits per heavy atom. The van der Waals surface area contributed by atoms with Crippen LogP contribution in [0.1, 0.15) is 26.3 Å². The third kappa shape index (κ3) is 5.23. The van der Waals surface area contributed by atoms with Gasteiger partial charge in [-0.05, 0) is 60.7 Å². The third-order valence-electron chi connectivity index (χ3n) is 5.47. The maximum Gasteiger partial charge on any atom is 0.418 e. The van der Waals surface area contributed by atoms with Crippen molar-refractivity contribution in [3.05, 3.63) is 100 Å². The van der Waals surface area contributed by atoms with Gasteiger partial charge in [-0.2, -0.15) is 13.2 Å². The second kappa shape index (κ2) is 10.4. The normalized spacial score (nSPS) is 13.6. The summed E-state index contributed by atoms with van der Waals surface area (Å²) in [5.74, 6) is -2.91. The van der Waals surface area contributed by atoms with Gasteiger partial charge in [-0.25, -0.2) is 9.69 Å². The zero-order valence-corrected chi connectivity index (χ0v) is 20.2. The van der Waals surface area contributed by atoms with Crippen molar-refractivity contribution in [1.82, 2.24) is 0 Å². The van der Waals surface area contributed by atoms with Crippen molar-refractivity contribution in [2.75, 3.05) is 22.6 Å². The van der Waals surface area contributed by atoms with Gasteiger partial charge in [0.15, 0.2) is 0 Å². The van der Waals surface area contributed by atoms with Crippen LogP contribution in [-0.2, 0) is 20.5 Å². The Hall–Kier alpha value is -4.64. The first-order valence-corrected chi connectivity index (χ1v) is 11.2. The van der Waals surface area contributed by atoms with Gasteiger partial charge in [0.05, 0.1) is 29.6 Å². The molecule has 1 aliphatic rings. The summed E-state index contributed by atoms with van der Waals surface area (Å²) in [5, 5.41) is 4.60. The van der Waals surface area contributed by atoms with Crippen LogP contribution >= 0.6 is 11.6 Å². The van der Waals surface area contributed by atoms with Crippen molar-refractivity contribution >= 4 is 52.4 Å². The number of alkyl halides is 3. The van der Waals surface area contributed by atoms with E-state index in [1.54, 1.807) is 0 Å². The zero-order chi connectivity index (χ0) is 27.6. The summed E-state index contributed by atoms with van der Waals surface area (Å²) in [6.45, 7) is 0. The van der Waals surface area contributed by atoms with Crippen molar-refractivity contribution in [1.29, 1.82) is 0 Å². The number of benzene rings is 3. The van der Waals surface area contributed by atoms with E-state index in [4.69, 9.17) is 11.6 Å². The number of amides is 3. The second-order valence-electron chi connectivity index (χ2n) is 7.87. The number of methoxy groups -OCH3 is 1. The lowest BCUT2D eigenvalue weighted by Crippen LogP contribution is -2.32. The van der Waals surface area contributed by atoms with Gasteiger partial charge in [0.25, 0.3) is 17.7 Å². The monoisotopic (exact) mass is 543 g/mol. The summed E-state index contributed by atoms with van der Waals surface area (Å²) >= 11 is 6.12. The lowest BCUT2D eigenvalue weighted by molar-refractivity contribution is -0.137. The quantitative estimate of drug-likeness (QED) is 0.328. The maximum absolute atomic E-state index is 13.2. The molecule has 0 saturated carbocycles. The highest BCUT2D eigenvalue weighted by molar-refractivity contribution is 6.53. The highest BCUT2D eigenvalue weighted by atomic mass is 35.5. The average molecular weight is 544 g/mol. The minimum absolute atomic E-state index is 0.0498. The summed E-state index contributed by atoms with van der Waals surface area (Å²) in [6, 6.07) is 15.6. The minimum atomic E-state index is -4.65. The first-order valence-electron chi connectivity index (χ1n) is 10.8. The summed E-state index contributed by atoms with van der Waals surface area (Å²) in [7, 11) is 1.22. The number of nitrogens with zero attached hydrogens (tertiary/aromatic N) is 1. The number of para-hydroxylation sites is 1. The first kappa shape index (κ1) is 26.4. The van der Waals surface area contributed by atoms with Crippen LogP contribution in [0.3, 0.4) is 0 Å². The number of imide groups is 1. The van der Waals surface area contributed by atoms with E-state index in [0.29, 0.717) is 0 Å². The maximum atomic E-state index is 13.2. The molecular formula is C26H17ClF3N3O5. The Morgan fingerprint density at radius 2 is 1.47 bits per heavy atom. The van der Waals surface area contributed by atoms with Crippen molar-refractivity contribution in [3.8, 4) is 0 Å². The number of anilines is 3. The number of esters is 1. The largest absolute Gasteiger partial charge is 0.465 e. The third-order valence-corrected chi connectivity index (χ3v) is 5.82. The molecular weight excluding hydrogens is 527 g/mol. The van der Waals surface area contributed by atoms with Gasteiger partial charge >= 0.3 is 12.1 Å². The van der Waals surface area contributed by atoms with E-state index in [2.05, 4.69) is 15.4 Å². The summed E-state index contributed by atoms with van der Waals surface area (Å²) in [5.41, 5.74) is -0.859. The fourth-order valence-corrected chi connectivity index (χ4v) is 3.81. The van der Waals surface area contributed by atoms with Crippen LogP contribution in [0.15, 0.2) is 83.5 Å². The number of nitrogens with one attached hydrogen (secondary N) is 2. The number of ether oxygens (including phenoxy) is 1. The lowest BCUT2D eigenvalue weighted by atomic mass is 10.1. The molecule has 0 spiro atoms. The SMILES string of the molecule is COC(=O)c1ccc(N2C(=O)C(Cl)=C(Nc3ccc(C(=O)Nc4ccccc4C(F)(F)F)cc3)C2=O)cc1. The van der Waals surface area contributed by atoms with E-state index in [1.807, 2.05) is 0 Å².